The summed E-state index contributed by atoms with van der Waals surface area (Å²) in [7, 11) is 0. The molecule has 0 unspecified atom stereocenters. The van der Waals surface area contributed by atoms with E-state index in [0.717, 1.165) is 11.1 Å². The maximum absolute atomic E-state index is 12.8. The zero-order valence-electron chi connectivity index (χ0n) is 17.8. The average molecular weight is 419 g/mol. The Balaban J connectivity index is 2.17. The molecule has 0 radical (unpaired) electrons. The number of rotatable bonds is 8. The van der Waals surface area contributed by atoms with Gasteiger partial charge in [-0.1, -0.05) is 36.4 Å². The molecule has 31 heavy (non-hydrogen) atoms. The second-order valence-electron chi connectivity index (χ2n) is 7.03. The molecule has 0 fully saturated rings. The fraction of sp³-hybridized carbons (Fsp3) is 0.250. The first-order chi connectivity index (χ1) is 14.8. The molecule has 0 saturated carbocycles. The fourth-order valence-corrected chi connectivity index (χ4v) is 3.00. The van der Waals surface area contributed by atoms with Crippen molar-refractivity contribution in [1.82, 2.24) is 5.32 Å². The topological polar surface area (TPSA) is 99.5 Å². The number of esters is 1. The van der Waals surface area contributed by atoms with Crippen LogP contribution >= 0.6 is 0 Å². The van der Waals surface area contributed by atoms with Crippen LogP contribution in [0.1, 0.15) is 30.0 Å². The third-order valence-electron chi connectivity index (χ3n) is 4.23. The maximum Gasteiger partial charge on any atom is 0.355 e. The largest absolute Gasteiger partial charge is 0.451 e. The van der Waals surface area contributed by atoms with E-state index in [4.69, 9.17) is 10.00 Å². The summed E-state index contributed by atoms with van der Waals surface area (Å²) in [5.41, 5.74) is 3.21. The molecular formula is C24H25N3O4. The Bertz CT molecular complexity index is 1000. The molecular weight excluding hydrogens is 394 g/mol. The minimum atomic E-state index is -0.826. The van der Waals surface area contributed by atoms with Gasteiger partial charge in [0, 0.05) is 19.2 Å². The number of aryl methyl sites for hydroxylation is 2. The lowest BCUT2D eigenvalue weighted by Gasteiger charge is -2.23. The summed E-state index contributed by atoms with van der Waals surface area (Å²) in [5.74, 6) is -1.72. The van der Waals surface area contributed by atoms with Crippen LogP contribution in [0.5, 0.6) is 0 Å². The molecule has 2 amide bonds. The summed E-state index contributed by atoms with van der Waals surface area (Å²) >= 11 is 0. The van der Waals surface area contributed by atoms with Crippen LogP contribution in [0, 0.1) is 25.2 Å². The Labute approximate surface area is 181 Å². The van der Waals surface area contributed by atoms with E-state index < -0.39 is 24.4 Å². The van der Waals surface area contributed by atoms with Gasteiger partial charge in [-0.15, -0.1) is 0 Å². The second-order valence-corrected chi connectivity index (χ2v) is 7.03. The van der Waals surface area contributed by atoms with Crippen LogP contribution in [0.2, 0.25) is 0 Å². The Morgan fingerprint density at radius 3 is 2.32 bits per heavy atom. The molecule has 7 nitrogen and oxygen atoms in total. The molecule has 2 aromatic carbocycles. The first kappa shape index (κ1) is 23.4. The molecule has 0 aliphatic rings. The van der Waals surface area contributed by atoms with Crippen molar-refractivity contribution in [1.29, 1.82) is 5.26 Å². The van der Waals surface area contributed by atoms with E-state index >= 15 is 0 Å². The number of benzene rings is 2. The zero-order chi connectivity index (χ0) is 22.8. The van der Waals surface area contributed by atoms with Crippen molar-refractivity contribution >= 4 is 29.5 Å². The van der Waals surface area contributed by atoms with E-state index in [1.807, 2.05) is 44.2 Å². The molecule has 0 saturated heterocycles. The molecule has 0 aliphatic carbocycles. The van der Waals surface area contributed by atoms with Crippen LogP contribution in [0.3, 0.4) is 0 Å². The normalized spacial score (nSPS) is 10.7. The number of amides is 2. The number of ether oxygens (including phenoxy) is 1. The molecule has 2 rings (SSSR count). The van der Waals surface area contributed by atoms with Crippen LogP contribution < -0.4 is 10.2 Å². The number of nitrogens with zero attached hydrogens (tertiary/aromatic N) is 2. The molecule has 0 aliphatic heterocycles. The van der Waals surface area contributed by atoms with Crippen molar-refractivity contribution < 1.29 is 19.1 Å². The third kappa shape index (κ3) is 7.44. The standard InChI is InChI=1S/C24H25N3O4/c1-17-12-18(2)14-21(13-17)27(11-7-10-25)23(29)16-31-24(30)22(26-19(3)28)15-20-8-5-4-6-9-20/h4-6,8-9,12-15H,7,11,16H2,1-3H3,(H,26,28). The fourth-order valence-electron chi connectivity index (χ4n) is 3.00. The highest BCUT2D eigenvalue weighted by molar-refractivity contribution is 6.00. The zero-order valence-corrected chi connectivity index (χ0v) is 17.8. The lowest BCUT2D eigenvalue weighted by molar-refractivity contribution is -0.144. The number of nitriles is 1. The van der Waals surface area contributed by atoms with Gasteiger partial charge in [-0.05, 0) is 48.7 Å². The average Bonchev–Trinajstić information content (AvgIpc) is 2.71. The van der Waals surface area contributed by atoms with Gasteiger partial charge in [0.2, 0.25) is 5.91 Å². The van der Waals surface area contributed by atoms with Crippen molar-refractivity contribution in [3.8, 4) is 6.07 Å². The molecule has 0 heterocycles. The molecule has 7 heteroatoms. The van der Waals surface area contributed by atoms with Gasteiger partial charge in [-0.25, -0.2) is 4.79 Å². The van der Waals surface area contributed by atoms with E-state index in [9.17, 15) is 14.4 Å². The summed E-state index contributed by atoms with van der Waals surface area (Å²) in [5, 5.41) is 11.4. The minimum absolute atomic E-state index is 0.0681. The van der Waals surface area contributed by atoms with Gasteiger partial charge in [0.05, 0.1) is 12.5 Å². The Morgan fingerprint density at radius 1 is 1.10 bits per heavy atom. The number of carbonyl (C=O) groups is 3. The number of hydrogen-bond donors (Lipinski definition) is 1. The quantitative estimate of drug-likeness (QED) is 0.523. The van der Waals surface area contributed by atoms with E-state index in [2.05, 4.69) is 5.32 Å². The second kappa shape index (κ2) is 11.3. The van der Waals surface area contributed by atoms with E-state index in [1.165, 1.54) is 17.9 Å². The number of carbonyl (C=O) groups excluding carboxylic acids is 3. The van der Waals surface area contributed by atoms with Crippen LogP contribution in [0.25, 0.3) is 6.08 Å². The van der Waals surface area contributed by atoms with Crippen molar-refractivity contribution in [2.75, 3.05) is 18.1 Å². The van der Waals surface area contributed by atoms with Crippen molar-refractivity contribution in [3.05, 3.63) is 70.9 Å². The lowest BCUT2D eigenvalue weighted by atomic mass is 10.1. The van der Waals surface area contributed by atoms with Gasteiger partial charge >= 0.3 is 5.97 Å². The molecule has 2 aromatic rings. The molecule has 1 N–H and O–H groups in total. The predicted molar refractivity (Wildman–Crippen MR) is 118 cm³/mol. The van der Waals surface area contributed by atoms with Crippen LogP contribution in [-0.4, -0.2) is 30.9 Å². The van der Waals surface area contributed by atoms with E-state index in [1.54, 1.807) is 24.3 Å². The van der Waals surface area contributed by atoms with Crippen LogP contribution in [-0.2, 0) is 19.1 Å². The summed E-state index contributed by atoms with van der Waals surface area (Å²) < 4.78 is 5.19. The number of hydrogen-bond acceptors (Lipinski definition) is 5. The first-order valence-electron chi connectivity index (χ1n) is 9.77. The predicted octanol–water partition coefficient (Wildman–Crippen LogP) is 3.27. The van der Waals surface area contributed by atoms with Crippen LogP contribution in [0.15, 0.2) is 54.2 Å². The van der Waals surface area contributed by atoms with E-state index in [0.29, 0.717) is 11.3 Å². The summed E-state index contributed by atoms with van der Waals surface area (Å²) in [4.78, 5) is 38.3. The smallest absolute Gasteiger partial charge is 0.355 e. The van der Waals surface area contributed by atoms with Gasteiger partial charge in [0.1, 0.15) is 5.70 Å². The molecule has 0 spiro atoms. The molecule has 160 valence electrons. The van der Waals surface area contributed by atoms with Gasteiger partial charge < -0.3 is 15.0 Å². The first-order valence-corrected chi connectivity index (χ1v) is 9.77. The SMILES string of the molecule is CC(=O)NC(=Cc1ccccc1)C(=O)OCC(=O)N(CCC#N)c1cc(C)cc(C)c1. The molecule has 0 bridgehead atoms. The molecule has 0 atom stereocenters. The van der Waals surface area contributed by atoms with Crippen molar-refractivity contribution in [2.45, 2.75) is 27.2 Å². The lowest BCUT2D eigenvalue weighted by Crippen LogP contribution is -2.36. The van der Waals surface area contributed by atoms with Gasteiger partial charge in [0.25, 0.3) is 5.91 Å². The number of anilines is 1. The summed E-state index contributed by atoms with van der Waals surface area (Å²) in [6.45, 7) is 4.76. The van der Waals surface area contributed by atoms with Crippen molar-refractivity contribution in [2.24, 2.45) is 0 Å². The van der Waals surface area contributed by atoms with Crippen molar-refractivity contribution in [3.63, 3.8) is 0 Å². The highest BCUT2D eigenvalue weighted by atomic mass is 16.5. The van der Waals surface area contributed by atoms with Gasteiger partial charge in [-0.3, -0.25) is 9.59 Å². The van der Waals surface area contributed by atoms with E-state index in [-0.39, 0.29) is 18.7 Å². The van der Waals surface area contributed by atoms with Crippen LogP contribution in [0.4, 0.5) is 5.69 Å². The minimum Gasteiger partial charge on any atom is -0.451 e. The van der Waals surface area contributed by atoms with Gasteiger partial charge in [-0.2, -0.15) is 5.26 Å². The highest BCUT2D eigenvalue weighted by Crippen LogP contribution is 2.19. The Morgan fingerprint density at radius 2 is 1.74 bits per heavy atom. The van der Waals surface area contributed by atoms with Gasteiger partial charge in [0.15, 0.2) is 6.61 Å². The maximum atomic E-state index is 12.8. The summed E-state index contributed by atoms with van der Waals surface area (Å²) in [6.07, 6.45) is 1.61. The number of nitrogens with one attached hydrogen (secondary N) is 1. The highest BCUT2D eigenvalue weighted by Gasteiger charge is 2.20. The summed E-state index contributed by atoms with van der Waals surface area (Å²) in [6, 6.07) is 16.6. The monoisotopic (exact) mass is 419 g/mol. The third-order valence-corrected chi connectivity index (χ3v) is 4.23. The Hall–Kier alpha value is -3.92. The molecule has 0 aromatic heterocycles. The Kier molecular flexibility index (Phi) is 8.52.